The van der Waals surface area contributed by atoms with E-state index in [0.717, 1.165) is 105 Å². The molecule has 11 aromatic rings. The van der Waals surface area contributed by atoms with E-state index in [0.29, 0.717) is 13.0 Å². The van der Waals surface area contributed by atoms with Gasteiger partial charge in [0.1, 0.15) is 29.6 Å². The van der Waals surface area contributed by atoms with Gasteiger partial charge in [0.05, 0.1) is 0 Å². The maximum atomic E-state index is 10.8. The van der Waals surface area contributed by atoms with E-state index in [1.165, 1.54) is 27.3 Å². The third-order valence-electron chi connectivity index (χ3n) is 14.7. The van der Waals surface area contributed by atoms with E-state index in [-0.39, 0.29) is 11.5 Å². The average molecular weight is 887 g/mol. The molecule has 3 aliphatic rings. The molecule has 69 heavy (non-hydrogen) atoms. The lowest BCUT2D eigenvalue weighted by atomic mass is 9.80. The highest BCUT2D eigenvalue weighted by Gasteiger charge is 2.47. The molecule has 11 aromatic carbocycles. The Hall–Kier alpha value is -8.86. The average Bonchev–Trinajstić information content (AvgIpc) is 3.62. The summed E-state index contributed by atoms with van der Waals surface area (Å²) in [5.74, 6) is 1.97. The molecule has 4 heteroatoms. The molecule has 1 atom stereocenters. The van der Waals surface area contributed by atoms with Crippen LogP contribution in [0.25, 0.3) is 76.5 Å². The van der Waals surface area contributed by atoms with Crippen LogP contribution in [0.4, 0.5) is 0 Å². The Kier molecular flexibility index (Phi) is 8.59. The van der Waals surface area contributed by atoms with Gasteiger partial charge in [-0.25, -0.2) is 0 Å². The van der Waals surface area contributed by atoms with Gasteiger partial charge in [-0.05, 0) is 190 Å². The number of phenols is 2. The van der Waals surface area contributed by atoms with Gasteiger partial charge in [0.2, 0.25) is 0 Å². The minimum Gasteiger partial charge on any atom is -0.508 e. The third-order valence-corrected chi connectivity index (χ3v) is 14.7. The zero-order valence-corrected chi connectivity index (χ0v) is 37.4. The van der Waals surface area contributed by atoms with Crippen LogP contribution in [0.2, 0.25) is 0 Å². The lowest BCUT2D eigenvalue weighted by Gasteiger charge is -2.36. The Labute approximate surface area is 398 Å². The summed E-state index contributed by atoms with van der Waals surface area (Å²) in [4.78, 5) is 0. The molecule has 1 spiro atoms. The van der Waals surface area contributed by atoms with Crippen molar-refractivity contribution >= 4 is 54.2 Å². The van der Waals surface area contributed by atoms with Crippen LogP contribution in [-0.2, 0) is 18.6 Å². The van der Waals surface area contributed by atoms with Gasteiger partial charge in [0, 0.05) is 22.3 Å². The summed E-state index contributed by atoms with van der Waals surface area (Å²) < 4.78 is 14.5. The minimum absolute atomic E-state index is 0.213. The van der Waals surface area contributed by atoms with Gasteiger partial charge >= 0.3 is 0 Å². The number of hydrogen-bond donors (Lipinski definition) is 2. The van der Waals surface area contributed by atoms with E-state index in [9.17, 15) is 10.2 Å². The lowest BCUT2D eigenvalue weighted by Crippen LogP contribution is -2.33. The molecule has 14 rings (SSSR count). The predicted molar refractivity (Wildman–Crippen MR) is 280 cm³/mol. The zero-order chi connectivity index (χ0) is 45.8. The van der Waals surface area contributed by atoms with Gasteiger partial charge in [0.15, 0.2) is 5.60 Å². The molecule has 1 unspecified atom stereocenters. The van der Waals surface area contributed by atoms with Crippen LogP contribution in [-0.4, -0.2) is 10.2 Å². The zero-order valence-electron chi connectivity index (χ0n) is 37.4. The quantitative estimate of drug-likeness (QED) is 0.182. The Morgan fingerprint density at radius 2 is 0.986 bits per heavy atom. The first-order valence-corrected chi connectivity index (χ1v) is 23.6. The molecule has 0 saturated heterocycles. The summed E-state index contributed by atoms with van der Waals surface area (Å²) in [6, 6.07) is 72.0. The van der Waals surface area contributed by atoms with E-state index in [1.807, 2.05) is 30.3 Å². The van der Waals surface area contributed by atoms with Crippen molar-refractivity contribution in [2.45, 2.75) is 18.6 Å². The summed E-state index contributed by atoms with van der Waals surface area (Å²) in [7, 11) is 0. The number of ether oxygens (including phenoxy) is 2. The second kappa shape index (κ2) is 15.1. The Morgan fingerprint density at radius 1 is 0.391 bits per heavy atom. The number of aromatic hydroxyl groups is 2. The number of benzene rings is 11. The van der Waals surface area contributed by atoms with Crippen molar-refractivity contribution in [3.63, 3.8) is 0 Å². The van der Waals surface area contributed by atoms with Crippen molar-refractivity contribution in [3.05, 3.63) is 263 Å². The van der Waals surface area contributed by atoms with Crippen LogP contribution >= 0.6 is 0 Å². The van der Waals surface area contributed by atoms with Crippen molar-refractivity contribution in [1.82, 2.24) is 0 Å². The number of fused-ring (bicyclic) bond motifs is 16. The van der Waals surface area contributed by atoms with Crippen LogP contribution < -0.4 is 9.47 Å². The van der Waals surface area contributed by atoms with E-state index < -0.39 is 5.60 Å². The van der Waals surface area contributed by atoms with Gasteiger partial charge in [-0.2, -0.15) is 0 Å². The smallest absolute Gasteiger partial charge is 0.179 e. The first kappa shape index (κ1) is 39.3. The molecule has 0 saturated carbocycles. The second-order valence-electron chi connectivity index (χ2n) is 18.6. The van der Waals surface area contributed by atoms with Gasteiger partial charge in [-0.15, -0.1) is 0 Å². The predicted octanol–water partition coefficient (Wildman–Crippen LogP) is 15.7. The highest BCUT2D eigenvalue weighted by atomic mass is 16.5. The van der Waals surface area contributed by atoms with Crippen LogP contribution in [0.15, 0.2) is 218 Å². The molecule has 4 nitrogen and oxygen atoms in total. The first-order valence-electron chi connectivity index (χ1n) is 23.6. The fourth-order valence-corrected chi connectivity index (χ4v) is 11.5. The van der Waals surface area contributed by atoms with Gasteiger partial charge in [-0.3, -0.25) is 0 Å². The fraction of sp³-hybridized carbons (Fsp3) is 0.0462. The topological polar surface area (TPSA) is 58.9 Å². The molecule has 0 fully saturated rings. The van der Waals surface area contributed by atoms with Crippen molar-refractivity contribution in [2.75, 3.05) is 0 Å². The normalized spacial score (nSPS) is 16.5. The minimum atomic E-state index is -0.936. The van der Waals surface area contributed by atoms with E-state index >= 15 is 0 Å². The number of phenolic OH excluding ortho intramolecular Hbond substituents is 2. The van der Waals surface area contributed by atoms with E-state index in [2.05, 4.69) is 176 Å². The summed E-state index contributed by atoms with van der Waals surface area (Å²) in [5, 5.41) is 30.0. The molecule has 0 bridgehead atoms. The van der Waals surface area contributed by atoms with Gasteiger partial charge in [-0.1, -0.05) is 133 Å². The van der Waals surface area contributed by atoms with Crippen LogP contribution in [0.1, 0.15) is 44.5 Å². The molecule has 2 aliphatic heterocycles. The number of rotatable bonds is 2. The van der Waals surface area contributed by atoms with Crippen LogP contribution in [0, 0.1) is 0 Å². The number of allylic oxidation sites excluding steroid dienone is 1. The number of hydrogen-bond acceptors (Lipinski definition) is 4. The van der Waals surface area contributed by atoms with Crippen LogP contribution in [0.3, 0.4) is 0 Å². The summed E-state index contributed by atoms with van der Waals surface area (Å²) >= 11 is 0. The highest BCUT2D eigenvalue weighted by Crippen LogP contribution is 2.57. The summed E-state index contributed by atoms with van der Waals surface area (Å²) in [5.41, 5.74) is 14.3. The van der Waals surface area contributed by atoms with E-state index in [1.54, 1.807) is 12.1 Å². The molecule has 2 N–H and O–H groups in total. The molecular formula is C65H42O4. The SMILES string of the molecule is Oc1ccc2c3c(ccc2c1)OC1(C=C3c2cccc(/C3=C/Cc4ccccc4-c4cc5ccccc5cc4COc4ccc5cc(O)ccc5c43)c2)c2ccccc2-c2cc3ccccc3cc21. The molecule has 0 radical (unpaired) electrons. The van der Waals surface area contributed by atoms with Crippen LogP contribution in [0.5, 0.6) is 23.0 Å². The van der Waals surface area contributed by atoms with Gasteiger partial charge < -0.3 is 19.7 Å². The molecule has 1 aliphatic carbocycles. The fourth-order valence-electron chi connectivity index (χ4n) is 11.5. The maximum Gasteiger partial charge on any atom is 0.179 e. The summed E-state index contributed by atoms with van der Waals surface area (Å²) in [6.45, 7) is 0.366. The molecule has 0 amide bonds. The van der Waals surface area contributed by atoms with Crippen molar-refractivity contribution in [2.24, 2.45) is 0 Å². The highest BCUT2D eigenvalue weighted by molar-refractivity contribution is 6.05. The van der Waals surface area contributed by atoms with Crippen molar-refractivity contribution in [3.8, 4) is 45.3 Å². The molecule has 0 aromatic heterocycles. The Bertz CT molecular complexity index is 4060. The maximum absolute atomic E-state index is 10.8. The van der Waals surface area contributed by atoms with Crippen molar-refractivity contribution < 1.29 is 19.7 Å². The third kappa shape index (κ3) is 6.15. The first-order chi connectivity index (χ1) is 34.0. The largest absolute Gasteiger partial charge is 0.508 e. The molecule has 326 valence electrons. The summed E-state index contributed by atoms with van der Waals surface area (Å²) in [6.07, 6.45) is 5.37. The Morgan fingerprint density at radius 3 is 1.72 bits per heavy atom. The lowest BCUT2D eigenvalue weighted by molar-refractivity contribution is 0.165. The monoisotopic (exact) mass is 886 g/mol. The van der Waals surface area contributed by atoms with E-state index in [4.69, 9.17) is 9.47 Å². The van der Waals surface area contributed by atoms with Crippen molar-refractivity contribution in [1.29, 1.82) is 0 Å². The molecular weight excluding hydrogens is 845 g/mol. The second-order valence-corrected chi connectivity index (χ2v) is 18.6. The van der Waals surface area contributed by atoms with Gasteiger partial charge in [0.25, 0.3) is 0 Å². The molecule has 2 heterocycles. The standard InChI is InChI=1S/C65H42O4/c66-49-23-26-53-46(32-49)21-28-61-63(53)52(25-20-39-10-5-6-17-51(39)56-34-41-12-2-1-11-40(41)30-48(56)38-68-61)44-15-9-16-45(31-44)58-37-65(69-62-29-22-47-33-50(67)24-27-54(47)64(58)62)59-19-8-7-18-55(59)57-35-42-13-3-4-14-43(42)36-60(57)65/h1-19,21-37,66-67H,20,38H2/b52-25-. The Balaban J connectivity index is 1.02.